The summed E-state index contributed by atoms with van der Waals surface area (Å²) in [5.74, 6) is 0. The van der Waals surface area contributed by atoms with Crippen molar-refractivity contribution in [2.24, 2.45) is 0 Å². The van der Waals surface area contributed by atoms with Gasteiger partial charge in [-0.15, -0.1) is 0 Å². The second-order valence-corrected chi connectivity index (χ2v) is 5.19. The molecule has 3 rings (SSSR count). The summed E-state index contributed by atoms with van der Waals surface area (Å²) in [5, 5.41) is 0. The first-order valence-electron chi connectivity index (χ1n) is 6.42. The van der Waals surface area contributed by atoms with E-state index in [-0.39, 0.29) is 0 Å². The molecule has 0 saturated carbocycles. The Morgan fingerprint density at radius 3 is 1.58 bits per heavy atom. The van der Waals surface area contributed by atoms with Gasteiger partial charge in [0.1, 0.15) is 0 Å². The van der Waals surface area contributed by atoms with Gasteiger partial charge in [0, 0.05) is 51.3 Å². The fourth-order valence-electron chi connectivity index (χ4n) is 2.30. The second-order valence-electron chi connectivity index (χ2n) is 5.19. The van der Waals surface area contributed by atoms with Gasteiger partial charge in [-0.05, 0) is 0 Å². The fourth-order valence-corrected chi connectivity index (χ4v) is 2.30. The molecule has 19 heavy (non-hydrogen) atoms. The molecule has 2 radical (unpaired) electrons. The maximum atomic E-state index is 3.34. The summed E-state index contributed by atoms with van der Waals surface area (Å²) in [4.78, 5) is 12.9. The molecule has 3 heterocycles. The lowest BCUT2D eigenvalue weighted by Gasteiger charge is -2.27. The molecule has 3 aliphatic rings. The van der Waals surface area contributed by atoms with Crippen molar-refractivity contribution in [2.75, 3.05) is 40.8 Å². The molecule has 0 bridgehead atoms. The van der Waals surface area contributed by atoms with Gasteiger partial charge in [-0.3, -0.25) is 0 Å². The van der Waals surface area contributed by atoms with Crippen LogP contribution in [0.3, 0.4) is 0 Å². The minimum atomic E-state index is 0.837. The molecule has 3 aliphatic heterocycles. The maximum Gasteiger partial charge on any atom is 0.210 e. The summed E-state index contributed by atoms with van der Waals surface area (Å²) in [6, 6.07) is 0. The standard InChI is InChI=1S/C13H20N6/c1-14-3-5-16(9-14)11-18-7-8-19(13-18)12-17-6-4-15(2)10-17/h3-8H,9-12H2,1-2H3. The summed E-state index contributed by atoms with van der Waals surface area (Å²) >= 11 is 0. The third kappa shape index (κ3) is 2.89. The van der Waals surface area contributed by atoms with Crippen LogP contribution in [0.5, 0.6) is 0 Å². The van der Waals surface area contributed by atoms with E-state index in [9.17, 15) is 0 Å². The van der Waals surface area contributed by atoms with Crippen molar-refractivity contribution in [3.05, 3.63) is 43.9 Å². The van der Waals surface area contributed by atoms with E-state index in [0.29, 0.717) is 0 Å². The van der Waals surface area contributed by atoms with Crippen LogP contribution in [-0.4, -0.2) is 70.2 Å². The van der Waals surface area contributed by atoms with Crippen molar-refractivity contribution >= 4 is 0 Å². The highest BCUT2D eigenvalue weighted by molar-refractivity contribution is 5.00. The molecular weight excluding hydrogens is 240 g/mol. The summed E-state index contributed by atoms with van der Waals surface area (Å²) in [5.41, 5.74) is 0. The van der Waals surface area contributed by atoms with E-state index in [1.165, 1.54) is 0 Å². The van der Waals surface area contributed by atoms with Crippen LogP contribution in [0.4, 0.5) is 0 Å². The Hall–Kier alpha value is -1.98. The number of hydrogen-bond donors (Lipinski definition) is 0. The number of rotatable bonds is 4. The Kier molecular flexibility index (Phi) is 3.15. The van der Waals surface area contributed by atoms with E-state index < -0.39 is 0 Å². The molecule has 102 valence electrons. The van der Waals surface area contributed by atoms with Gasteiger partial charge in [0.15, 0.2) is 0 Å². The van der Waals surface area contributed by atoms with Crippen LogP contribution < -0.4 is 0 Å². The summed E-state index contributed by atoms with van der Waals surface area (Å²) in [6.45, 7) is 6.89. The zero-order valence-electron chi connectivity index (χ0n) is 11.5. The third-order valence-electron chi connectivity index (χ3n) is 3.22. The van der Waals surface area contributed by atoms with E-state index >= 15 is 0 Å². The van der Waals surface area contributed by atoms with Crippen LogP contribution in [-0.2, 0) is 0 Å². The normalized spacial score (nSPS) is 21.8. The highest BCUT2D eigenvalue weighted by Crippen LogP contribution is 2.15. The van der Waals surface area contributed by atoms with E-state index in [0.717, 1.165) is 26.7 Å². The first-order chi connectivity index (χ1) is 9.19. The van der Waals surface area contributed by atoms with Gasteiger partial charge in [0.25, 0.3) is 0 Å². The molecule has 0 aromatic rings. The van der Waals surface area contributed by atoms with Crippen LogP contribution >= 0.6 is 0 Å². The Morgan fingerprint density at radius 1 is 0.737 bits per heavy atom. The Labute approximate surface area is 115 Å². The molecule has 0 aromatic carbocycles. The van der Waals surface area contributed by atoms with Crippen molar-refractivity contribution in [3.63, 3.8) is 0 Å². The largest absolute Gasteiger partial charge is 0.362 e. The first-order valence-corrected chi connectivity index (χ1v) is 6.42. The van der Waals surface area contributed by atoms with Crippen LogP contribution in [0.1, 0.15) is 0 Å². The molecule has 6 heteroatoms. The quantitative estimate of drug-likeness (QED) is 0.721. The van der Waals surface area contributed by atoms with Crippen molar-refractivity contribution in [2.45, 2.75) is 0 Å². The summed E-state index contributed by atoms with van der Waals surface area (Å²) in [7, 11) is 4.15. The Balaban J connectivity index is 1.42. The van der Waals surface area contributed by atoms with E-state index in [1.54, 1.807) is 0 Å². The third-order valence-corrected chi connectivity index (χ3v) is 3.22. The van der Waals surface area contributed by atoms with E-state index in [2.05, 4.69) is 87.4 Å². The van der Waals surface area contributed by atoms with Gasteiger partial charge >= 0.3 is 0 Å². The highest BCUT2D eigenvalue weighted by atomic mass is 15.5. The second kappa shape index (κ2) is 4.95. The molecule has 0 aromatic heterocycles. The molecule has 0 N–H and O–H groups in total. The molecule has 6 nitrogen and oxygen atoms in total. The van der Waals surface area contributed by atoms with Crippen molar-refractivity contribution in [3.8, 4) is 0 Å². The van der Waals surface area contributed by atoms with Crippen LogP contribution in [0.25, 0.3) is 0 Å². The van der Waals surface area contributed by atoms with Gasteiger partial charge in [-0.25, -0.2) is 0 Å². The van der Waals surface area contributed by atoms with Crippen LogP contribution in [0.15, 0.2) is 37.2 Å². The topological polar surface area (TPSA) is 19.4 Å². The summed E-state index contributed by atoms with van der Waals surface area (Å²) in [6.07, 6.45) is 12.5. The van der Waals surface area contributed by atoms with Crippen LogP contribution in [0.2, 0.25) is 0 Å². The predicted octanol–water partition coefficient (Wildman–Crippen LogP) is 0.339. The SMILES string of the molecule is CN1C=CN(CN2[C]N(CN3C=CN(C)C3)C=C2)C1. The van der Waals surface area contributed by atoms with Gasteiger partial charge in [-0.2, -0.15) is 0 Å². The number of hydrogen-bond acceptors (Lipinski definition) is 6. The van der Waals surface area contributed by atoms with Gasteiger partial charge < -0.3 is 29.4 Å². The van der Waals surface area contributed by atoms with Gasteiger partial charge in [0.05, 0.1) is 26.7 Å². The molecule has 0 spiro atoms. The molecule has 0 amide bonds. The van der Waals surface area contributed by atoms with Crippen LogP contribution in [0, 0.1) is 6.67 Å². The molecule has 0 aliphatic carbocycles. The lowest BCUT2D eigenvalue weighted by Crippen LogP contribution is -2.35. The lowest BCUT2D eigenvalue weighted by atomic mass is 10.7. The number of nitrogens with zero attached hydrogens (tertiary/aromatic N) is 6. The van der Waals surface area contributed by atoms with Crippen molar-refractivity contribution in [1.82, 2.24) is 29.4 Å². The minimum absolute atomic E-state index is 0.837. The zero-order valence-corrected chi connectivity index (χ0v) is 11.5. The molecule has 0 unspecified atom stereocenters. The monoisotopic (exact) mass is 260 g/mol. The highest BCUT2D eigenvalue weighted by Gasteiger charge is 2.20. The minimum Gasteiger partial charge on any atom is -0.362 e. The van der Waals surface area contributed by atoms with Crippen molar-refractivity contribution in [1.29, 1.82) is 0 Å². The van der Waals surface area contributed by atoms with Crippen molar-refractivity contribution < 1.29 is 0 Å². The lowest BCUT2D eigenvalue weighted by molar-refractivity contribution is 0.175. The molecule has 0 atom stereocenters. The smallest absolute Gasteiger partial charge is 0.210 e. The Morgan fingerprint density at radius 2 is 1.21 bits per heavy atom. The van der Waals surface area contributed by atoms with Gasteiger partial charge in [0.2, 0.25) is 6.67 Å². The predicted molar refractivity (Wildman–Crippen MR) is 73.0 cm³/mol. The average molecular weight is 260 g/mol. The zero-order chi connectivity index (χ0) is 13.2. The molecule has 0 saturated heterocycles. The van der Waals surface area contributed by atoms with E-state index in [1.807, 2.05) is 0 Å². The fraction of sp³-hybridized carbons (Fsp3) is 0.462. The molecular formula is C13H20N6. The average Bonchev–Trinajstić information content (AvgIpc) is 3.05. The van der Waals surface area contributed by atoms with E-state index in [4.69, 9.17) is 0 Å². The maximum absolute atomic E-state index is 3.34. The summed E-state index contributed by atoms with van der Waals surface area (Å²) < 4.78 is 0. The van der Waals surface area contributed by atoms with Gasteiger partial charge in [-0.1, -0.05) is 0 Å². The first kappa shape index (κ1) is 12.1. The Bertz CT molecular complexity index is 368. The molecule has 0 fully saturated rings.